The lowest BCUT2D eigenvalue weighted by atomic mass is 10.3. The van der Waals surface area contributed by atoms with Gasteiger partial charge in [0.15, 0.2) is 0 Å². The van der Waals surface area contributed by atoms with Gasteiger partial charge in [-0.05, 0) is 19.1 Å². The predicted molar refractivity (Wildman–Crippen MR) is 79.5 cm³/mol. The molecule has 0 saturated heterocycles. The zero-order valence-electron chi connectivity index (χ0n) is 10.4. The van der Waals surface area contributed by atoms with E-state index in [1.807, 2.05) is 24.3 Å². The van der Waals surface area contributed by atoms with Crippen LogP contribution in [-0.2, 0) is 9.53 Å². The average Bonchev–Trinajstić information content (AvgIpc) is 2.43. The van der Waals surface area contributed by atoms with Gasteiger partial charge >= 0.3 is 5.97 Å². The zero-order valence-corrected chi connectivity index (χ0v) is 11.9. The Morgan fingerprint density at radius 1 is 1.58 bits per heavy atom. The third-order valence-electron chi connectivity index (χ3n) is 1.92. The molecule has 1 aromatic carbocycles. The van der Waals surface area contributed by atoms with Gasteiger partial charge in [-0.15, -0.1) is 18.2 Å². The van der Waals surface area contributed by atoms with Crippen molar-refractivity contribution in [1.82, 2.24) is 0 Å². The molecule has 0 saturated carbocycles. The molecule has 6 heteroatoms. The van der Waals surface area contributed by atoms with Crippen molar-refractivity contribution >= 4 is 40.2 Å². The lowest BCUT2D eigenvalue weighted by Gasteiger charge is -2.07. The van der Waals surface area contributed by atoms with E-state index < -0.39 is 5.97 Å². The molecule has 0 aliphatic carbocycles. The molecule has 0 unspecified atom stereocenters. The molecule has 4 nitrogen and oxygen atoms in total. The lowest BCUT2D eigenvalue weighted by molar-refractivity contribution is -0.134. The fraction of sp³-hybridized carbons (Fsp3) is 0.231. The fourth-order valence-electron chi connectivity index (χ4n) is 1.15. The van der Waals surface area contributed by atoms with E-state index in [2.05, 4.69) is 16.4 Å². The number of rotatable bonds is 6. The Morgan fingerprint density at radius 2 is 2.32 bits per heavy atom. The number of hydrazone groups is 1. The van der Waals surface area contributed by atoms with Gasteiger partial charge in [-0.1, -0.05) is 29.7 Å². The van der Waals surface area contributed by atoms with Gasteiger partial charge in [0.1, 0.15) is 0 Å². The maximum atomic E-state index is 11.3. The van der Waals surface area contributed by atoms with Crippen LogP contribution in [-0.4, -0.2) is 23.5 Å². The number of para-hydroxylation sites is 1. The number of anilines is 1. The molecule has 0 atom stereocenters. The second-order valence-corrected chi connectivity index (χ2v) is 4.60. The first-order valence-electron chi connectivity index (χ1n) is 5.50. The van der Waals surface area contributed by atoms with E-state index >= 15 is 0 Å². The topological polar surface area (TPSA) is 50.7 Å². The Kier molecular flexibility index (Phi) is 6.86. The van der Waals surface area contributed by atoms with Crippen LogP contribution < -0.4 is 5.43 Å². The number of hydrogen-bond donors (Lipinski definition) is 1. The summed E-state index contributed by atoms with van der Waals surface area (Å²) in [4.78, 5) is 12.2. The summed E-state index contributed by atoms with van der Waals surface area (Å²) in [6.07, 6.45) is 5.22. The quantitative estimate of drug-likeness (QED) is 0.288. The van der Waals surface area contributed by atoms with E-state index in [0.717, 1.165) is 10.6 Å². The molecule has 0 heterocycles. The number of terminal acetylenes is 1. The van der Waals surface area contributed by atoms with Crippen molar-refractivity contribution in [1.29, 1.82) is 0 Å². The number of hydrogen-bond acceptors (Lipinski definition) is 5. The summed E-state index contributed by atoms with van der Waals surface area (Å²) in [6.45, 7) is 1.94. The molecule has 0 bridgehead atoms. The molecule has 1 aromatic rings. The highest BCUT2D eigenvalue weighted by atomic mass is 35.5. The molecule has 1 rings (SSSR count). The van der Waals surface area contributed by atoms with Crippen LogP contribution in [0, 0.1) is 12.3 Å². The van der Waals surface area contributed by atoms with Crippen LogP contribution in [0.2, 0.25) is 0 Å². The van der Waals surface area contributed by atoms with Crippen LogP contribution in [0.15, 0.2) is 34.3 Å². The van der Waals surface area contributed by atoms with Gasteiger partial charge in [0.2, 0.25) is 5.17 Å². The molecule has 0 fully saturated rings. The third-order valence-corrected chi connectivity index (χ3v) is 3.13. The summed E-state index contributed by atoms with van der Waals surface area (Å²) < 4.78 is 4.71. The number of thioether (sulfide) groups is 1. The maximum absolute atomic E-state index is 11.3. The zero-order chi connectivity index (χ0) is 14.1. The lowest BCUT2D eigenvalue weighted by Crippen LogP contribution is -2.13. The van der Waals surface area contributed by atoms with Crippen LogP contribution >= 0.6 is 23.4 Å². The van der Waals surface area contributed by atoms with Gasteiger partial charge < -0.3 is 4.74 Å². The Labute approximate surface area is 121 Å². The highest BCUT2D eigenvalue weighted by Crippen LogP contribution is 2.26. The average molecular weight is 297 g/mol. The van der Waals surface area contributed by atoms with Crippen molar-refractivity contribution in [2.24, 2.45) is 5.10 Å². The van der Waals surface area contributed by atoms with Gasteiger partial charge in [-0.3, -0.25) is 5.43 Å². The largest absolute Gasteiger partial charge is 0.461 e. The van der Waals surface area contributed by atoms with Gasteiger partial charge in [0, 0.05) is 4.90 Å². The number of ether oxygens (including phenoxy) is 1. The number of nitrogens with zero attached hydrogens (tertiary/aromatic N) is 1. The molecule has 0 radical (unpaired) electrons. The van der Waals surface area contributed by atoms with E-state index in [0.29, 0.717) is 5.75 Å². The van der Waals surface area contributed by atoms with E-state index in [-0.39, 0.29) is 11.8 Å². The van der Waals surface area contributed by atoms with Crippen LogP contribution in [0.5, 0.6) is 0 Å². The van der Waals surface area contributed by atoms with Gasteiger partial charge in [0.25, 0.3) is 0 Å². The van der Waals surface area contributed by atoms with Gasteiger partial charge in [-0.2, -0.15) is 5.10 Å². The first kappa shape index (κ1) is 15.4. The molecular formula is C13H13ClN2O2S. The maximum Gasteiger partial charge on any atom is 0.370 e. The summed E-state index contributed by atoms with van der Waals surface area (Å²) in [5.74, 6) is 2.43. The monoisotopic (exact) mass is 296 g/mol. The number of esters is 1. The highest BCUT2D eigenvalue weighted by molar-refractivity contribution is 7.99. The molecule has 0 aliphatic heterocycles. The van der Waals surface area contributed by atoms with Crippen molar-refractivity contribution < 1.29 is 9.53 Å². The smallest absolute Gasteiger partial charge is 0.370 e. The number of nitrogens with one attached hydrogen (secondary N) is 1. The Bertz CT molecular complexity index is 512. The van der Waals surface area contributed by atoms with Gasteiger partial charge in [-0.25, -0.2) is 4.79 Å². The summed E-state index contributed by atoms with van der Waals surface area (Å²) in [6, 6.07) is 7.45. The van der Waals surface area contributed by atoms with Crippen molar-refractivity contribution in [2.45, 2.75) is 11.8 Å². The SMILES string of the molecule is C#CCSc1ccccc1NN=C(Cl)C(=O)OCC. The summed E-state index contributed by atoms with van der Waals surface area (Å²) in [5, 5.41) is 3.52. The highest BCUT2D eigenvalue weighted by Gasteiger charge is 2.09. The third kappa shape index (κ3) is 5.25. The first-order valence-corrected chi connectivity index (χ1v) is 6.87. The molecule has 0 aliphatic rings. The summed E-state index contributed by atoms with van der Waals surface area (Å²) in [7, 11) is 0. The molecule has 100 valence electrons. The number of benzene rings is 1. The first-order chi connectivity index (χ1) is 9.19. The number of carbonyl (C=O) groups excluding carboxylic acids is 1. The Balaban J connectivity index is 2.74. The summed E-state index contributed by atoms with van der Waals surface area (Å²) in [5.41, 5.74) is 3.45. The van der Waals surface area contributed by atoms with Crippen molar-refractivity contribution in [3.63, 3.8) is 0 Å². The van der Waals surface area contributed by atoms with E-state index in [9.17, 15) is 4.79 Å². The van der Waals surface area contributed by atoms with Crippen molar-refractivity contribution in [3.8, 4) is 12.3 Å². The minimum atomic E-state index is -0.662. The van der Waals surface area contributed by atoms with Crippen molar-refractivity contribution in [3.05, 3.63) is 24.3 Å². The molecule has 0 aromatic heterocycles. The minimum Gasteiger partial charge on any atom is -0.461 e. The molecule has 1 N–H and O–H groups in total. The Morgan fingerprint density at radius 3 is 3.00 bits per heavy atom. The van der Waals surface area contributed by atoms with Crippen LogP contribution in [0.25, 0.3) is 0 Å². The Hall–Kier alpha value is -1.64. The normalized spacial score (nSPS) is 10.7. The van der Waals surface area contributed by atoms with E-state index in [4.69, 9.17) is 22.8 Å². The fourth-order valence-corrected chi connectivity index (χ4v) is 1.93. The summed E-state index contributed by atoms with van der Waals surface area (Å²) >= 11 is 7.18. The standard InChI is InChI=1S/C13H13ClN2O2S/c1-3-9-19-11-8-6-5-7-10(11)15-16-12(14)13(17)18-4-2/h1,5-8,15H,4,9H2,2H3. The van der Waals surface area contributed by atoms with E-state index in [1.54, 1.807) is 6.92 Å². The number of halogens is 1. The van der Waals surface area contributed by atoms with E-state index in [1.165, 1.54) is 11.8 Å². The van der Waals surface area contributed by atoms with Crippen LogP contribution in [0.3, 0.4) is 0 Å². The van der Waals surface area contributed by atoms with Crippen molar-refractivity contribution in [2.75, 3.05) is 17.8 Å². The second kappa shape index (κ2) is 8.46. The van der Waals surface area contributed by atoms with Gasteiger partial charge in [0.05, 0.1) is 18.0 Å². The second-order valence-electron chi connectivity index (χ2n) is 3.22. The number of carbonyl (C=O) groups is 1. The molecule has 19 heavy (non-hydrogen) atoms. The van der Waals surface area contributed by atoms with Crippen LogP contribution in [0.1, 0.15) is 6.92 Å². The minimum absolute atomic E-state index is 0.249. The molecule has 0 amide bonds. The van der Waals surface area contributed by atoms with Crippen LogP contribution in [0.4, 0.5) is 5.69 Å². The predicted octanol–water partition coefficient (Wildman–Crippen LogP) is 2.94. The molecule has 0 spiro atoms. The molecular weight excluding hydrogens is 284 g/mol.